The Morgan fingerprint density at radius 3 is 2.65 bits per heavy atom. The van der Waals surface area contributed by atoms with Gasteiger partial charge in [0.2, 0.25) is 0 Å². The standard InChI is InChI=1S/C12H15N5/c1-17-8-10(7-16-17)12-14-5-9(6-15-12)4-13-11-2-3-11/h5-8,11,13H,2-4H2,1H3. The summed E-state index contributed by atoms with van der Waals surface area (Å²) < 4.78 is 1.75. The average Bonchev–Trinajstić information content (AvgIpc) is 3.09. The van der Waals surface area contributed by atoms with Crippen molar-refractivity contribution >= 4 is 0 Å². The molecule has 2 heterocycles. The van der Waals surface area contributed by atoms with Crippen LogP contribution in [-0.2, 0) is 13.6 Å². The molecule has 0 unspecified atom stereocenters. The van der Waals surface area contributed by atoms with Gasteiger partial charge in [0.25, 0.3) is 0 Å². The molecule has 0 amide bonds. The van der Waals surface area contributed by atoms with Crippen LogP contribution in [0.3, 0.4) is 0 Å². The maximum Gasteiger partial charge on any atom is 0.162 e. The first kappa shape index (κ1) is 10.4. The molecular weight excluding hydrogens is 214 g/mol. The van der Waals surface area contributed by atoms with E-state index in [0.717, 1.165) is 23.5 Å². The fraction of sp³-hybridized carbons (Fsp3) is 0.417. The minimum absolute atomic E-state index is 0.716. The minimum atomic E-state index is 0.716. The van der Waals surface area contributed by atoms with E-state index in [4.69, 9.17) is 0 Å². The molecule has 0 spiro atoms. The van der Waals surface area contributed by atoms with Gasteiger partial charge < -0.3 is 5.32 Å². The van der Waals surface area contributed by atoms with Gasteiger partial charge in [-0.05, 0) is 12.8 Å². The summed E-state index contributed by atoms with van der Waals surface area (Å²) in [5.74, 6) is 0.730. The first-order valence-electron chi connectivity index (χ1n) is 5.84. The van der Waals surface area contributed by atoms with Crippen molar-refractivity contribution in [2.75, 3.05) is 0 Å². The van der Waals surface area contributed by atoms with E-state index in [-0.39, 0.29) is 0 Å². The van der Waals surface area contributed by atoms with Crippen LogP contribution < -0.4 is 5.32 Å². The van der Waals surface area contributed by atoms with Crippen molar-refractivity contribution in [3.8, 4) is 11.4 Å². The molecule has 0 radical (unpaired) electrons. The first-order valence-corrected chi connectivity index (χ1v) is 5.84. The van der Waals surface area contributed by atoms with E-state index < -0.39 is 0 Å². The predicted octanol–water partition coefficient (Wildman–Crippen LogP) is 1.13. The Kier molecular flexibility index (Phi) is 2.60. The van der Waals surface area contributed by atoms with Gasteiger partial charge in [-0.1, -0.05) is 0 Å². The molecule has 2 aromatic heterocycles. The van der Waals surface area contributed by atoms with Gasteiger partial charge in [-0.3, -0.25) is 4.68 Å². The van der Waals surface area contributed by atoms with Crippen LogP contribution in [-0.4, -0.2) is 25.8 Å². The molecule has 1 aliphatic carbocycles. The van der Waals surface area contributed by atoms with Crippen LogP contribution in [0.2, 0.25) is 0 Å². The summed E-state index contributed by atoms with van der Waals surface area (Å²) in [6.07, 6.45) is 10.0. The minimum Gasteiger partial charge on any atom is -0.310 e. The molecule has 5 nitrogen and oxygen atoms in total. The van der Waals surface area contributed by atoms with Crippen molar-refractivity contribution in [3.05, 3.63) is 30.4 Å². The Morgan fingerprint density at radius 1 is 1.29 bits per heavy atom. The highest BCUT2D eigenvalue weighted by atomic mass is 15.2. The molecule has 1 fully saturated rings. The molecule has 17 heavy (non-hydrogen) atoms. The quantitative estimate of drug-likeness (QED) is 0.854. The number of hydrogen-bond acceptors (Lipinski definition) is 4. The SMILES string of the molecule is Cn1cc(-c2ncc(CNC3CC3)cn2)cn1. The first-order chi connectivity index (χ1) is 8.31. The summed E-state index contributed by atoms with van der Waals surface area (Å²) in [5, 5.41) is 7.55. The van der Waals surface area contributed by atoms with Gasteiger partial charge in [-0.25, -0.2) is 9.97 Å². The lowest BCUT2D eigenvalue weighted by molar-refractivity contribution is 0.683. The molecule has 2 aromatic rings. The van der Waals surface area contributed by atoms with Crippen LogP contribution in [0, 0.1) is 0 Å². The second-order valence-corrected chi connectivity index (χ2v) is 4.47. The van der Waals surface area contributed by atoms with Crippen LogP contribution >= 0.6 is 0 Å². The van der Waals surface area contributed by atoms with Gasteiger partial charge in [0.15, 0.2) is 5.82 Å². The van der Waals surface area contributed by atoms with Gasteiger partial charge in [-0.2, -0.15) is 5.10 Å². The van der Waals surface area contributed by atoms with E-state index in [9.17, 15) is 0 Å². The van der Waals surface area contributed by atoms with Gasteiger partial charge in [0.1, 0.15) is 0 Å². The molecule has 88 valence electrons. The molecule has 0 atom stereocenters. The van der Waals surface area contributed by atoms with E-state index >= 15 is 0 Å². The van der Waals surface area contributed by atoms with Crippen LogP contribution in [0.15, 0.2) is 24.8 Å². The molecule has 1 saturated carbocycles. The van der Waals surface area contributed by atoms with Gasteiger partial charge in [0, 0.05) is 43.8 Å². The van der Waals surface area contributed by atoms with Crippen LogP contribution in [0.25, 0.3) is 11.4 Å². The molecule has 5 heteroatoms. The number of nitrogens with one attached hydrogen (secondary N) is 1. The zero-order valence-corrected chi connectivity index (χ0v) is 9.80. The lowest BCUT2D eigenvalue weighted by Crippen LogP contribution is -2.15. The average molecular weight is 229 g/mol. The maximum absolute atomic E-state index is 4.36. The third-order valence-corrected chi connectivity index (χ3v) is 2.84. The van der Waals surface area contributed by atoms with Gasteiger partial charge in [0.05, 0.1) is 11.8 Å². The van der Waals surface area contributed by atoms with E-state index in [2.05, 4.69) is 20.4 Å². The number of nitrogens with zero attached hydrogens (tertiary/aromatic N) is 4. The monoisotopic (exact) mass is 229 g/mol. The Bertz CT molecular complexity index is 498. The molecule has 1 N–H and O–H groups in total. The highest BCUT2D eigenvalue weighted by Gasteiger charge is 2.19. The fourth-order valence-electron chi connectivity index (χ4n) is 1.68. The third-order valence-electron chi connectivity index (χ3n) is 2.84. The molecule has 0 saturated heterocycles. The zero-order chi connectivity index (χ0) is 11.7. The number of hydrogen-bond donors (Lipinski definition) is 1. The van der Waals surface area contributed by atoms with Crippen LogP contribution in [0.4, 0.5) is 0 Å². The zero-order valence-electron chi connectivity index (χ0n) is 9.80. The predicted molar refractivity (Wildman–Crippen MR) is 64.1 cm³/mol. The van der Waals surface area contributed by atoms with Crippen molar-refractivity contribution in [3.63, 3.8) is 0 Å². The van der Waals surface area contributed by atoms with Crippen molar-refractivity contribution in [2.24, 2.45) is 7.05 Å². The fourth-order valence-corrected chi connectivity index (χ4v) is 1.68. The molecule has 3 rings (SSSR count). The Balaban J connectivity index is 1.70. The Labute approximate surface area is 99.9 Å². The van der Waals surface area contributed by atoms with Crippen molar-refractivity contribution in [1.82, 2.24) is 25.1 Å². The second kappa shape index (κ2) is 4.25. The summed E-state index contributed by atoms with van der Waals surface area (Å²) in [6, 6.07) is 0.716. The van der Waals surface area contributed by atoms with E-state index in [0.29, 0.717) is 6.04 Å². The highest BCUT2D eigenvalue weighted by Crippen LogP contribution is 2.19. The lowest BCUT2D eigenvalue weighted by atomic mass is 10.3. The third kappa shape index (κ3) is 2.50. The summed E-state index contributed by atoms with van der Waals surface area (Å²) in [5.41, 5.74) is 2.08. The summed E-state index contributed by atoms with van der Waals surface area (Å²) >= 11 is 0. The highest BCUT2D eigenvalue weighted by molar-refractivity contribution is 5.51. The maximum atomic E-state index is 4.36. The van der Waals surface area contributed by atoms with Crippen LogP contribution in [0.1, 0.15) is 18.4 Å². The van der Waals surface area contributed by atoms with Crippen molar-refractivity contribution < 1.29 is 0 Å². The smallest absolute Gasteiger partial charge is 0.162 e. The van der Waals surface area contributed by atoms with E-state index in [1.807, 2.05) is 25.6 Å². The topological polar surface area (TPSA) is 55.6 Å². The molecule has 0 bridgehead atoms. The number of aromatic nitrogens is 4. The summed E-state index contributed by atoms with van der Waals surface area (Å²) in [6.45, 7) is 0.859. The van der Waals surface area contributed by atoms with E-state index in [1.54, 1.807) is 10.9 Å². The van der Waals surface area contributed by atoms with E-state index in [1.165, 1.54) is 12.8 Å². The van der Waals surface area contributed by atoms with Crippen molar-refractivity contribution in [2.45, 2.75) is 25.4 Å². The molecule has 0 aromatic carbocycles. The van der Waals surface area contributed by atoms with Crippen molar-refractivity contribution in [1.29, 1.82) is 0 Å². The number of aryl methyl sites for hydroxylation is 1. The molecule has 1 aliphatic rings. The Morgan fingerprint density at radius 2 is 2.06 bits per heavy atom. The largest absolute Gasteiger partial charge is 0.310 e. The van der Waals surface area contributed by atoms with Crippen LogP contribution in [0.5, 0.6) is 0 Å². The van der Waals surface area contributed by atoms with Gasteiger partial charge >= 0.3 is 0 Å². The second-order valence-electron chi connectivity index (χ2n) is 4.47. The summed E-state index contributed by atoms with van der Waals surface area (Å²) in [7, 11) is 1.89. The molecular formula is C12H15N5. The number of rotatable bonds is 4. The summed E-state index contributed by atoms with van der Waals surface area (Å²) in [4.78, 5) is 8.71. The normalized spacial score (nSPS) is 15.1. The van der Waals surface area contributed by atoms with Gasteiger partial charge in [-0.15, -0.1) is 0 Å². The molecule has 0 aliphatic heterocycles. The Hall–Kier alpha value is -1.75. The lowest BCUT2D eigenvalue weighted by Gasteiger charge is -2.02.